The van der Waals surface area contributed by atoms with Crippen LogP contribution in [0.25, 0.3) is 21.5 Å². The average Bonchev–Trinajstić information content (AvgIpc) is 3.06. The lowest BCUT2D eigenvalue weighted by molar-refractivity contribution is 0.0947. The summed E-state index contributed by atoms with van der Waals surface area (Å²) in [6.45, 7) is 2.14. The number of aryl methyl sites for hydroxylation is 1. The normalized spacial score (nSPS) is 10.9. The second-order valence-corrected chi connectivity index (χ2v) is 7.67. The molecule has 28 heavy (non-hydrogen) atoms. The number of thiazole rings is 1. The predicted octanol–water partition coefficient (Wildman–Crippen LogP) is 4.81. The molecule has 0 atom stereocenters. The number of aromatic nitrogens is 1. The van der Waals surface area contributed by atoms with Crippen molar-refractivity contribution >= 4 is 39.8 Å². The van der Waals surface area contributed by atoms with Crippen LogP contribution >= 0.6 is 22.9 Å². The molecule has 0 fully saturated rings. The SMILES string of the molecule is Cc1nc(-c2ccccc2Cl)sc1CNC(=O)c1cc2ccccc2oc1=O. The topological polar surface area (TPSA) is 72.2 Å². The summed E-state index contributed by atoms with van der Waals surface area (Å²) in [5, 5.41) is 4.89. The number of halogens is 1. The Morgan fingerprint density at radius 1 is 1.18 bits per heavy atom. The monoisotopic (exact) mass is 410 g/mol. The molecule has 0 saturated carbocycles. The van der Waals surface area contributed by atoms with Crippen LogP contribution in [0.15, 0.2) is 63.8 Å². The highest BCUT2D eigenvalue weighted by molar-refractivity contribution is 7.15. The molecule has 0 unspecified atom stereocenters. The fourth-order valence-corrected chi connectivity index (χ4v) is 4.14. The quantitative estimate of drug-likeness (QED) is 0.490. The van der Waals surface area contributed by atoms with E-state index in [1.54, 1.807) is 24.3 Å². The van der Waals surface area contributed by atoms with E-state index >= 15 is 0 Å². The van der Waals surface area contributed by atoms with Crippen LogP contribution in [0.3, 0.4) is 0 Å². The van der Waals surface area contributed by atoms with Crippen LogP contribution in [-0.4, -0.2) is 10.9 Å². The van der Waals surface area contributed by atoms with Gasteiger partial charge in [-0.25, -0.2) is 9.78 Å². The minimum absolute atomic E-state index is 0.0211. The molecule has 0 aliphatic heterocycles. The number of benzene rings is 2. The lowest BCUT2D eigenvalue weighted by atomic mass is 10.2. The smallest absolute Gasteiger partial charge is 0.349 e. The summed E-state index contributed by atoms with van der Waals surface area (Å²) in [6, 6.07) is 16.1. The third-order valence-corrected chi connectivity index (χ3v) is 5.81. The van der Waals surface area contributed by atoms with Crippen LogP contribution in [0.5, 0.6) is 0 Å². The van der Waals surface area contributed by atoms with Crippen LogP contribution in [0.2, 0.25) is 5.02 Å². The Kier molecular flexibility index (Phi) is 4.98. The minimum atomic E-state index is -0.658. The number of hydrogen-bond acceptors (Lipinski definition) is 5. The van der Waals surface area contributed by atoms with E-state index in [0.29, 0.717) is 16.0 Å². The summed E-state index contributed by atoms with van der Waals surface area (Å²) in [7, 11) is 0. The van der Waals surface area contributed by atoms with E-state index in [-0.39, 0.29) is 12.1 Å². The number of fused-ring (bicyclic) bond motifs is 1. The molecular formula is C21H15ClN2O3S. The van der Waals surface area contributed by atoms with E-state index in [2.05, 4.69) is 10.3 Å². The van der Waals surface area contributed by atoms with Gasteiger partial charge < -0.3 is 9.73 Å². The molecule has 0 bridgehead atoms. The molecule has 0 radical (unpaired) electrons. The zero-order chi connectivity index (χ0) is 19.7. The molecule has 4 rings (SSSR count). The van der Waals surface area contributed by atoms with Crippen LogP contribution in [-0.2, 0) is 6.54 Å². The number of carbonyl (C=O) groups excluding carboxylic acids is 1. The standard InChI is InChI=1S/C21H15ClN2O3S/c1-12-18(28-20(24-12)14-7-3-4-8-16(14)22)11-23-19(25)15-10-13-6-2-5-9-17(13)27-21(15)26/h2-10H,11H2,1H3,(H,23,25). The molecule has 7 heteroatoms. The summed E-state index contributed by atoms with van der Waals surface area (Å²) in [5.74, 6) is -0.480. The number of para-hydroxylation sites is 1. The fourth-order valence-electron chi connectivity index (χ4n) is 2.82. The minimum Gasteiger partial charge on any atom is -0.422 e. The highest BCUT2D eigenvalue weighted by Gasteiger charge is 2.16. The van der Waals surface area contributed by atoms with Gasteiger partial charge >= 0.3 is 5.63 Å². The summed E-state index contributed by atoms with van der Waals surface area (Å²) < 4.78 is 5.22. The second-order valence-electron chi connectivity index (χ2n) is 6.18. The van der Waals surface area contributed by atoms with Crippen molar-refractivity contribution in [3.8, 4) is 10.6 Å². The molecule has 2 heterocycles. The van der Waals surface area contributed by atoms with Gasteiger partial charge in [0, 0.05) is 15.8 Å². The fraction of sp³-hybridized carbons (Fsp3) is 0.0952. The number of nitrogens with one attached hydrogen (secondary N) is 1. The number of nitrogens with zero attached hydrogens (tertiary/aromatic N) is 1. The zero-order valence-corrected chi connectivity index (χ0v) is 16.4. The van der Waals surface area contributed by atoms with E-state index in [9.17, 15) is 9.59 Å². The lowest BCUT2D eigenvalue weighted by Crippen LogP contribution is -2.27. The molecule has 2 aromatic carbocycles. The highest BCUT2D eigenvalue weighted by atomic mass is 35.5. The van der Waals surface area contributed by atoms with Gasteiger partial charge in [0.05, 0.1) is 17.3 Å². The number of amides is 1. The van der Waals surface area contributed by atoms with Gasteiger partial charge in [-0.3, -0.25) is 4.79 Å². The number of rotatable bonds is 4. The molecule has 140 valence electrons. The number of carbonyl (C=O) groups is 1. The molecule has 4 aromatic rings. The molecule has 1 amide bonds. The first kappa shape index (κ1) is 18.4. The van der Waals surface area contributed by atoms with Crippen LogP contribution in [0, 0.1) is 6.92 Å². The molecule has 5 nitrogen and oxygen atoms in total. The molecule has 0 spiro atoms. The van der Waals surface area contributed by atoms with Crippen molar-refractivity contribution in [2.45, 2.75) is 13.5 Å². The van der Waals surface area contributed by atoms with E-state index in [0.717, 1.165) is 21.1 Å². The Morgan fingerprint density at radius 2 is 1.93 bits per heavy atom. The van der Waals surface area contributed by atoms with Gasteiger partial charge in [0.1, 0.15) is 16.2 Å². The van der Waals surface area contributed by atoms with Crippen molar-refractivity contribution in [1.29, 1.82) is 0 Å². The van der Waals surface area contributed by atoms with Gasteiger partial charge in [0.25, 0.3) is 5.91 Å². The molecule has 2 aromatic heterocycles. The van der Waals surface area contributed by atoms with Crippen molar-refractivity contribution < 1.29 is 9.21 Å². The van der Waals surface area contributed by atoms with Crippen LogP contribution in [0.1, 0.15) is 20.9 Å². The van der Waals surface area contributed by atoms with Crippen molar-refractivity contribution in [1.82, 2.24) is 10.3 Å². The maximum atomic E-state index is 12.5. The second kappa shape index (κ2) is 7.58. The first-order chi connectivity index (χ1) is 13.5. The highest BCUT2D eigenvalue weighted by Crippen LogP contribution is 2.32. The Hall–Kier alpha value is -2.96. The molecule has 0 aliphatic carbocycles. The van der Waals surface area contributed by atoms with Gasteiger partial charge in [-0.1, -0.05) is 48.0 Å². The van der Waals surface area contributed by atoms with Crippen molar-refractivity contribution in [2.24, 2.45) is 0 Å². The molecule has 0 saturated heterocycles. The van der Waals surface area contributed by atoms with Gasteiger partial charge in [0.2, 0.25) is 0 Å². The summed E-state index contributed by atoms with van der Waals surface area (Å²) >= 11 is 7.70. The summed E-state index contributed by atoms with van der Waals surface area (Å²) in [5.41, 5.74) is 1.43. The lowest BCUT2D eigenvalue weighted by Gasteiger charge is -2.04. The van der Waals surface area contributed by atoms with Gasteiger partial charge in [-0.2, -0.15) is 0 Å². The van der Waals surface area contributed by atoms with E-state index < -0.39 is 11.5 Å². The Balaban J connectivity index is 1.55. The summed E-state index contributed by atoms with van der Waals surface area (Å²) in [4.78, 5) is 30.1. The van der Waals surface area contributed by atoms with Crippen molar-refractivity contribution in [3.05, 3.63) is 86.2 Å². The first-order valence-electron chi connectivity index (χ1n) is 8.55. The van der Waals surface area contributed by atoms with Gasteiger partial charge in [0.15, 0.2) is 0 Å². The van der Waals surface area contributed by atoms with Gasteiger partial charge in [-0.15, -0.1) is 11.3 Å². The molecule has 1 N–H and O–H groups in total. The van der Waals surface area contributed by atoms with E-state index in [4.69, 9.17) is 16.0 Å². The zero-order valence-electron chi connectivity index (χ0n) is 14.9. The Bertz CT molecular complexity index is 1250. The first-order valence-corrected chi connectivity index (χ1v) is 9.74. The Labute approximate surface area is 169 Å². The Morgan fingerprint density at radius 3 is 2.75 bits per heavy atom. The average molecular weight is 411 g/mol. The third kappa shape index (κ3) is 3.56. The number of hydrogen-bond donors (Lipinski definition) is 1. The van der Waals surface area contributed by atoms with E-state index in [1.165, 1.54) is 11.3 Å². The maximum Gasteiger partial charge on any atom is 0.349 e. The molecular weight excluding hydrogens is 396 g/mol. The summed E-state index contributed by atoms with van der Waals surface area (Å²) in [6.07, 6.45) is 0. The maximum absolute atomic E-state index is 12.5. The largest absolute Gasteiger partial charge is 0.422 e. The molecule has 0 aliphatic rings. The van der Waals surface area contributed by atoms with Crippen molar-refractivity contribution in [3.63, 3.8) is 0 Å². The van der Waals surface area contributed by atoms with Crippen LogP contribution in [0.4, 0.5) is 0 Å². The van der Waals surface area contributed by atoms with Gasteiger partial charge in [-0.05, 0) is 25.1 Å². The predicted molar refractivity (Wildman–Crippen MR) is 111 cm³/mol. The third-order valence-electron chi connectivity index (χ3n) is 4.29. The van der Waals surface area contributed by atoms with E-state index in [1.807, 2.05) is 37.3 Å². The van der Waals surface area contributed by atoms with Crippen LogP contribution < -0.4 is 10.9 Å². The van der Waals surface area contributed by atoms with Crippen molar-refractivity contribution in [2.75, 3.05) is 0 Å².